The van der Waals surface area contributed by atoms with Gasteiger partial charge in [-0.05, 0) is 32.1 Å². The van der Waals surface area contributed by atoms with Gasteiger partial charge in [-0.25, -0.2) is 0 Å². The third-order valence-electron chi connectivity index (χ3n) is 4.34. The lowest BCUT2D eigenvalue weighted by molar-refractivity contribution is -0.144. The molecule has 1 fully saturated rings. The molecule has 0 aromatic carbocycles. The molecule has 3 heteroatoms. The molecule has 1 amide bonds. The average molecular weight is 254 g/mol. The van der Waals surface area contributed by atoms with E-state index in [9.17, 15) is 4.79 Å². The van der Waals surface area contributed by atoms with Gasteiger partial charge in [-0.1, -0.05) is 33.6 Å². The van der Waals surface area contributed by atoms with Gasteiger partial charge in [-0.3, -0.25) is 4.79 Å². The van der Waals surface area contributed by atoms with Gasteiger partial charge in [0.15, 0.2) is 0 Å². The molecule has 1 unspecified atom stereocenters. The van der Waals surface area contributed by atoms with Crippen LogP contribution in [-0.4, -0.2) is 29.9 Å². The van der Waals surface area contributed by atoms with Gasteiger partial charge in [0.2, 0.25) is 5.91 Å². The standard InChI is InChI=1S/C15H30N2O/c1-5-15(4,11-16)14(18)17(10-12(2)3)13-8-6-7-9-13/h12-13H,5-11,16H2,1-4H3. The summed E-state index contributed by atoms with van der Waals surface area (Å²) in [6.07, 6.45) is 5.69. The van der Waals surface area contributed by atoms with Crippen molar-refractivity contribution in [3.63, 3.8) is 0 Å². The van der Waals surface area contributed by atoms with Crippen LogP contribution in [0.25, 0.3) is 0 Å². The lowest BCUT2D eigenvalue weighted by atomic mass is 9.85. The molecule has 1 rings (SSSR count). The lowest BCUT2D eigenvalue weighted by Gasteiger charge is -2.38. The van der Waals surface area contributed by atoms with E-state index < -0.39 is 0 Å². The highest BCUT2D eigenvalue weighted by Crippen LogP contribution is 2.30. The highest BCUT2D eigenvalue weighted by molar-refractivity contribution is 5.83. The molecular weight excluding hydrogens is 224 g/mol. The van der Waals surface area contributed by atoms with Crippen LogP contribution in [0.15, 0.2) is 0 Å². The Bertz CT molecular complexity index is 266. The number of hydrogen-bond donors (Lipinski definition) is 1. The Morgan fingerprint density at radius 3 is 2.33 bits per heavy atom. The van der Waals surface area contributed by atoms with Gasteiger partial charge < -0.3 is 10.6 Å². The van der Waals surface area contributed by atoms with Crippen LogP contribution in [0.4, 0.5) is 0 Å². The van der Waals surface area contributed by atoms with Crippen LogP contribution in [0.2, 0.25) is 0 Å². The fraction of sp³-hybridized carbons (Fsp3) is 0.933. The summed E-state index contributed by atoms with van der Waals surface area (Å²) in [6.45, 7) is 9.76. The maximum atomic E-state index is 12.8. The van der Waals surface area contributed by atoms with E-state index in [-0.39, 0.29) is 11.3 Å². The quantitative estimate of drug-likeness (QED) is 0.792. The van der Waals surface area contributed by atoms with E-state index in [0.29, 0.717) is 18.5 Å². The number of carbonyl (C=O) groups is 1. The minimum Gasteiger partial charge on any atom is -0.339 e. The summed E-state index contributed by atoms with van der Waals surface area (Å²) in [5, 5.41) is 0. The van der Waals surface area contributed by atoms with Crippen LogP contribution in [0, 0.1) is 11.3 Å². The summed E-state index contributed by atoms with van der Waals surface area (Å²) >= 11 is 0. The minimum absolute atomic E-state index is 0.271. The number of nitrogens with zero attached hydrogens (tertiary/aromatic N) is 1. The number of amides is 1. The Labute approximate surface area is 112 Å². The Hall–Kier alpha value is -0.570. The molecule has 0 bridgehead atoms. The van der Waals surface area contributed by atoms with Crippen molar-refractivity contribution in [2.45, 2.75) is 65.8 Å². The molecule has 18 heavy (non-hydrogen) atoms. The van der Waals surface area contributed by atoms with E-state index in [1.165, 1.54) is 25.7 Å². The Morgan fingerprint density at radius 1 is 1.39 bits per heavy atom. The van der Waals surface area contributed by atoms with Crippen LogP contribution in [0.1, 0.15) is 59.8 Å². The molecule has 0 aromatic heterocycles. The highest BCUT2D eigenvalue weighted by atomic mass is 16.2. The lowest BCUT2D eigenvalue weighted by Crippen LogP contribution is -2.50. The minimum atomic E-state index is -0.377. The van der Waals surface area contributed by atoms with E-state index in [0.717, 1.165) is 13.0 Å². The molecule has 1 aliphatic carbocycles. The maximum absolute atomic E-state index is 12.8. The zero-order chi connectivity index (χ0) is 13.8. The van der Waals surface area contributed by atoms with Gasteiger partial charge in [0.25, 0.3) is 0 Å². The van der Waals surface area contributed by atoms with E-state index in [1.807, 2.05) is 6.92 Å². The molecule has 106 valence electrons. The van der Waals surface area contributed by atoms with Gasteiger partial charge in [0.05, 0.1) is 5.41 Å². The van der Waals surface area contributed by atoms with Crippen molar-refractivity contribution in [2.75, 3.05) is 13.1 Å². The second-order valence-electron chi connectivity index (χ2n) is 6.41. The summed E-state index contributed by atoms with van der Waals surface area (Å²) in [7, 11) is 0. The van der Waals surface area contributed by atoms with Crippen molar-refractivity contribution >= 4 is 5.91 Å². The van der Waals surface area contributed by atoms with Gasteiger partial charge in [-0.2, -0.15) is 0 Å². The molecule has 3 nitrogen and oxygen atoms in total. The predicted octanol–water partition coefficient (Wildman–Crippen LogP) is 2.79. The van der Waals surface area contributed by atoms with Gasteiger partial charge >= 0.3 is 0 Å². The van der Waals surface area contributed by atoms with Crippen LogP contribution in [0.3, 0.4) is 0 Å². The first-order chi connectivity index (χ1) is 8.44. The third-order valence-corrected chi connectivity index (χ3v) is 4.34. The highest BCUT2D eigenvalue weighted by Gasteiger charge is 2.37. The first-order valence-electron chi connectivity index (χ1n) is 7.45. The van der Waals surface area contributed by atoms with E-state index >= 15 is 0 Å². The first kappa shape index (κ1) is 15.5. The van der Waals surface area contributed by atoms with Crippen molar-refractivity contribution < 1.29 is 4.79 Å². The van der Waals surface area contributed by atoms with Gasteiger partial charge in [-0.15, -0.1) is 0 Å². The van der Waals surface area contributed by atoms with Crippen LogP contribution >= 0.6 is 0 Å². The van der Waals surface area contributed by atoms with Gasteiger partial charge in [0.1, 0.15) is 0 Å². The second kappa shape index (κ2) is 6.55. The van der Waals surface area contributed by atoms with Crippen molar-refractivity contribution in [2.24, 2.45) is 17.1 Å². The SMILES string of the molecule is CCC(C)(CN)C(=O)N(CC(C)C)C1CCCC1. The summed E-state index contributed by atoms with van der Waals surface area (Å²) in [4.78, 5) is 14.9. The molecule has 1 atom stereocenters. The smallest absolute Gasteiger partial charge is 0.230 e. The number of hydrogen-bond acceptors (Lipinski definition) is 2. The number of nitrogens with two attached hydrogens (primary N) is 1. The molecule has 1 saturated carbocycles. The largest absolute Gasteiger partial charge is 0.339 e. The van der Waals surface area contributed by atoms with Crippen LogP contribution in [0.5, 0.6) is 0 Å². The molecule has 0 aromatic rings. The van der Waals surface area contributed by atoms with Crippen molar-refractivity contribution in [3.8, 4) is 0 Å². The molecule has 1 aliphatic rings. The predicted molar refractivity (Wildman–Crippen MR) is 76.3 cm³/mol. The molecule has 0 spiro atoms. The second-order valence-corrected chi connectivity index (χ2v) is 6.41. The monoisotopic (exact) mass is 254 g/mol. The number of rotatable bonds is 6. The van der Waals surface area contributed by atoms with Crippen molar-refractivity contribution in [3.05, 3.63) is 0 Å². The third kappa shape index (κ3) is 3.47. The van der Waals surface area contributed by atoms with E-state index in [1.54, 1.807) is 0 Å². The zero-order valence-electron chi connectivity index (χ0n) is 12.5. The van der Waals surface area contributed by atoms with Crippen molar-refractivity contribution in [1.82, 2.24) is 4.90 Å². The summed E-state index contributed by atoms with van der Waals surface area (Å²) < 4.78 is 0. The molecule has 0 saturated heterocycles. The molecular formula is C15H30N2O. The van der Waals surface area contributed by atoms with E-state index in [2.05, 4.69) is 25.7 Å². The summed E-state index contributed by atoms with van der Waals surface area (Å²) in [5.41, 5.74) is 5.46. The van der Waals surface area contributed by atoms with Crippen LogP contribution in [-0.2, 0) is 4.79 Å². The fourth-order valence-electron chi connectivity index (χ4n) is 2.74. The van der Waals surface area contributed by atoms with Crippen molar-refractivity contribution in [1.29, 1.82) is 0 Å². The maximum Gasteiger partial charge on any atom is 0.230 e. The Morgan fingerprint density at radius 2 is 1.94 bits per heavy atom. The number of carbonyl (C=O) groups excluding carboxylic acids is 1. The Balaban J connectivity index is 2.84. The summed E-state index contributed by atoms with van der Waals surface area (Å²) in [5.74, 6) is 0.793. The van der Waals surface area contributed by atoms with Crippen LogP contribution < -0.4 is 5.73 Å². The topological polar surface area (TPSA) is 46.3 Å². The normalized spacial score (nSPS) is 20.1. The molecule has 0 aliphatic heterocycles. The van der Waals surface area contributed by atoms with E-state index in [4.69, 9.17) is 5.73 Å². The zero-order valence-corrected chi connectivity index (χ0v) is 12.5. The molecule has 0 radical (unpaired) electrons. The first-order valence-corrected chi connectivity index (χ1v) is 7.45. The summed E-state index contributed by atoms with van der Waals surface area (Å²) in [6, 6.07) is 0.456. The molecule has 0 heterocycles. The fourth-order valence-corrected chi connectivity index (χ4v) is 2.74. The molecule has 2 N–H and O–H groups in total. The average Bonchev–Trinajstić information content (AvgIpc) is 2.87. The Kier molecular flexibility index (Phi) is 5.64. The van der Waals surface area contributed by atoms with Gasteiger partial charge in [0, 0.05) is 19.1 Å².